The van der Waals surface area contributed by atoms with Crippen molar-refractivity contribution in [3.63, 3.8) is 0 Å². The third-order valence-electron chi connectivity index (χ3n) is 2.67. The number of hydrogen-bond donors (Lipinski definition) is 1. The van der Waals surface area contributed by atoms with E-state index >= 15 is 0 Å². The van der Waals surface area contributed by atoms with E-state index in [2.05, 4.69) is 24.3 Å². The molecule has 0 saturated heterocycles. The monoisotopic (exact) mass is 285 g/mol. The summed E-state index contributed by atoms with van der Waals surface area (Å²) < 4.78 is 17.6. The predicted octanol–water partition coefficient (Wildman–Crippen LogP) is 1.06. The highest BCUT2D eigenvalue weighted by molar-refractivity contribution is 5.03. The molecular weight excluding hydrogens is 258 g/mol. The van der Waals surface area contributed by atoms with Gasteiger partial charge in [-0.1, -0.05) is 13.8 Å². The molecule has 1 aromatic heterocycles. The molecule has 0 amide bonds. The highest BCUT2D eigenvalue weighted by atomic mass is 16.5. The first-order chi connectivity index (χ1) is 9.72. The summed E-state index contributed by atoms with van der Waals surface area (Å²) in [5, 5.41) is 7.67. The second-order valence-electron chi connectivity index (χ2n) is 4.86. The molecule has 1 aromatic rings. The summed E-state index contributed by atoms with van der Waals surface area (Å²) in [4.78, 5) is 0. The molecule has 0 aliphatic heterocycles. The van der Waals surface area contributed by atoms with Crippen LogP contribution in [0.4, 0.5) is 0 Å². The fourth-order valence-electron chi connectivity index (χ4n) is 1.56. The van der Waals surface area contributed by atoms with Crippen molar-refractivity contribution in [2.75, 3.05) is 40.1 Å². The molecular formula is C14H27N3O3. The lowest BCUT2D eigenvalue weighted by Crippen LogP contribution is -2.21. The van der Waals surface area contributed by atoms with Gasteiger partial charge in [-0.3, -0.25) is 4.68 Å². The molecule has 1 rings (SSSR count). The molecule has 0 saturated carbocycles. The minimum Gasteiger partial charge on any atom is -0.382 e. The van der Waals surface area contributed by atoms with Gasteiger partial charge in [-0.05, 0) is 0 Å². The summed E-state index contributed by atoms with van der Waals surface area (Å²) in [6, 6.07) is 0.486. The Morgan fingerprint density at radius 3 is 2.55 bits per heavy atom. The summed E-state index contributed by atoms with van der Waals surface area (Å²) in [5.41, 5.74) is 1.20. The van der Waals surface area contributed by atoms with E-state index in [1.54, 1.807) is 7.11 Å². The van der Waals surface area contributed by atoms with Gasteiger partial charge < -0.3 is 19.5 Å². The fourth-order valence-corrected chi connectivity index (χ4v) is 1.56. The Bertz CT molecular complexity index is 342. The molecule has 0 unspecified atom stereocenters. The zero-order valence-electron chi connectivity index (χ0n) is 12.8. The predicted molar refractivity (Wildman–Crippen MR) is 77.7 cm³/mol. The van der Waals surface area contributed by atoms with Gasteiger partial charge in [0, 0.05) is 31.5 Å². The molecule has 0 fully saturated rings. The maximum absolute atomic E-state index is 5.48. The molecule has 20 heavy (non-hydrogen) atoms. The van der Waals surface area contributed by atoms with Crippen LogP contribution in [0.2, 0.25) is 0 Å². The first-order valence-corrected chi connectivity index (χ1v) is 7.11. The van der Waals surface area contributed by atoms with Crippen LogP contribution in [0, 0.1) is 0 Å². The van der Waals surface area contributed by atoms with Gasteiger partial charge in [-0.25, -0.2) is 0 Å². The van der Waals surface area contributed by atoms with E-state index in [9.17, 15) is 0 Å². The molecule has 0 aliphatic carbocycles. The minimum atomic E-state index is 0.486. The van der Waals surface area contributed by atoms with E-state index in [1.165, 1.54) is 5.56 Å². The van der Waals surface area contributed by atoms with Crippen LogP contribution < -0.4 is 5.32 Å². The van der Waals surface area contributed by atoms with Crippen molar-refractivity contribution in [2.45, 2.75) is 33.0 Å². The Balaban J connectivity index is 2.01. The number of nitrogens with one attached hydrogen (secondary N) is 1. The van der Waals surface area contributed by atoms with Gasteiger partial charge in [0.05, 0.1) is 45.8 Å². The van der Waals surface area contributed by atoms with Crippen LogP contribution in [0.3, 0.4) is 0 Å². The number of nitrogens with zero attached hydrogens (tertiary/aromatic N) is 2. The lowest BCUT2D eigenvalue weighted by Gasteiger charge is -2.06. The van der Waals surface area contributed by atoms with Crippen molar-refractivity contribution >= 4 is 0 Å². The van der Waals surface area contributed by atoms with Gasteiger partial charge >= 0.3 is 0 Å². The standard InChI is InChI=1S/C14H27N3O3/c1-13(2)15-10-14-11-16-17(12-14)4-5-19-8-9-20-7-6-18-3/h11-13,15H,4-10H2,1-3H3. The molecule has 6 nitrogen and oxygen atoms in total. The second kappa shape index (κ2) is 10.8. The first-order valence-electron chi connectivity index (χ1n) is 7.11. The number of hydrogen-bond acceptors (Lipinski definition) is 5. The zero-order valence-corrected chi connectivity index (χ0v) is 12.8. The molecule has 1 N–H and O–H groups in total. The number of methoxy groups -OCH3 is 1. The number of rotatable bonds is 12. The summed E-state index contributed by atoms with van der Waals surface area (Å²) in [6.07, 6.45) is 3.94. The Morgan fingerprint density at radius 2 is 1.85 bits per heavy atom. The average Bonchev–Trinajstić information content (AvgIpc) is 2.87. The zero-order chi connectivity index (χ0) is 14.6. The van der Waals surface area contributed by atoms with Crippen LogP contribution in [0.15, 0.2) is 12.4 Å². The summed E-state index contributed by atoms with van der Waals surface area (Å²) >= 11 is 0. The Labute approximate surface area is 121 Å². The van der Waals surface area contributed by atoms with Crippen molar-refractivity contribution < 1.29 is 14.2 Å². The van der Waals surface area contributed by atoms with Crippen molar-refractivity contribution in [1.29, 1.82) is 0 Å². The van der Waals surface area contributed by atoms with Gasteiger partial charge in [0.15, 0.2) is 0 Å². The van der Waals surface area contributed by atoms with E-state index in [-0.39, 0.29) is 0 Å². The topological polar surface area (TPSA) is 57.5 Å². The third-order valence-corrected chi connectivity index (χ3v) is 2.67. The molecule has 0 atom stereocenters. The molecule has 0 aliphatic rings. The maximum Gasteiger partial charge on any atom is 0.0701 e. The van der Waals surface area contributed by atoms with Crippen molar-refractivity contribution in [1.82, 2.24) is 15.1 Å². The molecule has 0 bridgehead atoms. The SMILES string of the molecule is COCCOCCOCCn1cc(CNC(C)C)cn1. The lowest BCUT2D eigenvalue weighted by atomic mass is 10.3. The van der Waals surface area contributed by atoms with Crippen LogP contribution in [-0.2, 0) is 27.3 Å². The van der Waals surface area contributed by atoms with Gasteiger partial charge in [0.1, 0.15) is 0 Å². The fraction of sp³-hybridized carbons (Fsp3) is 0.786. The largest absolute Gasteiger partial charge is 0.382 e. The van der Waals surface area contributed by atoms with E-state index in [0.29, 0.717) is 39.1 Å². The van der Waals surface area contributed by atoms with E-state index in [4.69, 9.17) is 14.2 Å². The highest BCUT2D eigenvalue weighted by Gasteiger charge is 2.00. The van der Waals surface area contributed by atoms with Gasteiger partial charge in [-0.2, -0.15) is 5.10 Å². The third kappa shape index (κ3) is 8.27. The normalized spacial score (nSPS) is 11.4. The highest BCUT2D eigenvalue weighted by Crippen LogP contribution is 1.98. The van der Waals surface area contributed by atoms with E-state index in [0.717, 1.165) is 13.1 Å². The van der Waals surface area contributed by atoms with Crippen molar-refractivity contribution in [3.05, 3.63) is 18.0 Å². The van der Waals surface area contributed by atoms with Crippen LogP contribution in [0.25, 0.3) is 0 Å². The second-order valence-corrected chi connectivity index (χ2v) is 4.86. The quantitative estimate of drug-likeness (QED) is 0.582. The first kappa shape index (κ1) is 17.1. The van der Waals surface area contributed by atoms with Crippen LogP contribution in [-0.4, -0.2) is 56.0 Å². The average molecular weight is 285 g/mol. The molecule has 116 valence electrons. The van der Waals surface area contributed by atoms with Gasteiger partial charge in [0.2, 0.25) is 0 Å². The number of ether oxygens (including phenoxy) is 3. The van der Waals surface area contributed by atoms with Crippen molar-refractivity contribution in [3.8, 4) is 0 Å². The number of aromatic nitrogens is 2. The van der Waals surface area contributed by atoms with E-state index < -0.39 is 0 Å². The van der Waals surface area contributed by atoms with Crippen LogP contribution in [0.1, 0.15) is 19.4 Å². The molecule has 0 radical (unpaired) electrons. The van der Waals surface area contributed by atoms with Crippen molar-refractivity contribution in [2.24, 2.45) is 0 Å². The molecule has 1 heterocycles. The lowest BCUT2D eigenvalue weighted by molar-refractivity contribution is 0.0225. The van der Waals surface area contributed by atoms with Gasteiger partial charge in [-0.15, -0.1) is 0 Å². The summed E-state index contributed by atoms with van der Waals surface area (Å²) in [6.45, 7) is 8.97. The smallest absolute Gasteiger partial charge is 0.0701 e. The van der Waals surface area contributed by atoms with Crippen LogP contribution in [0.5, 0.6) is 0 Å². The maximum atomic E-state index is 5.48. The Kier molecular flexibility index (Phi) is 9.23. The molecule has 6 heteroatoms. The van der Waals surface area contributed by atoms with Crippen LogP contribution >= 0.6 is 0 Å². The summed E-state index contributed by atoms with van der Waals surface area (Å²) in [5.74, 6) is 0. The summed E-state index contributed by atoms with van der Waals surface area (Å²) in [7, 11) is 1.66. The Hall–Kier alpha value is -0.950. The van der Waals surface area contributed by atoms with E-state index in [1.807, 2.05) is 17.1 Å². The molecule has 0 spiro atoms. The Morgan fingerprint density at radius 1 is 1.15 bits per heavy atom. The van der Waals surface area contributed by atoms with Gasteiger partial charge in [0.25, 0.3) is 0 Å². The molecule has 0 aromatic carbocycles. The minimum absolute atomic E-state index is 0.486.